The quantitative estimate of drug-likeness (QED) is 0.847. The molecule has 0 saturated carbocycles. The molecule has 1 atom stereocenters. The van der Waals surface area contributed by atoms with Crippen LogP contribution in [0.25, 0.3) is 0 Å². The number of amides is 2. The number of piperidine rings is 1. The smallest absolute Gasteiger partial charge is 0.232 e. The molecule has 4 heteroatoms. The largest absolute Gasteiger partial charge is 0.342 e. The molecule has 2 heterocycles. The van der Waals surface area contributed by atoms with Crippen LogP contribution in [-0.4, -0.2) is 47.8 Å². The van der Waals surface area contributed by atoms with E-state index in [0.717, 1.165) is 37.9 Å². The summed E-state index contributed by atoms with van der Waals surface area (Å²) in [5.74, 6) is 0.365. The van der Waals surface area contributed by atoms with Gasteiger partial charge in [0.05, 0.1) is 11.3 Å². The van der Waals surface area contributed by atoms with E-state index in [-0.39, 0.29) is 17.7 Å². The summed E-state index contributed by atoms with van der Waals surface area (Å²) in [6.45, 7) is 9.06. The van der Waals surface area contributed by atoms with Crippen molar-refractivity contribution in [1.82, 2.24) is 9.80 Å². The van der Waals surface area contributed by atoms with E-state index in [2.05, 4.69) is 19.1 Å². The highest BCUT2D eigenvalue weighted by molar-refractivity contribution is 5.89. The third-order valence-corrected chi connectivity index (χ3v) is 5.80. The zero-order valence-corrected chi connectivity index (χ0v) is 15.8. The monoisotopic (exact) mass is 342 g/mol. The molecule has 1 aromatic carbocycles. The van der Waals surface area contributed by atoms with Gasteiger partial charge in [0.1, 0.15) is 0 Å². The molecule has 25 heavy (non-hydrogen) atoms. The predicted octanol–water partition coefficient (Wildman–Crippen LogP) is 3.13. The first kappa shape index (κ1) is 18.0. The molecule has 0 N–H and O–H groups in total. The molecule has 0 radical (unpaired) electrons. The van der Waals surface area contributed by atoms with Crippen molar-refractivity contribution in [2.75, 3.05) is 26.2 Å². The molecule has 3 rings (SSSR count). The van der Waals surface area contributed by atoms with Crippen LogP contribution in [0.2, 0.25) is 0 Å². The van der Waals surface area contributed by atoms with Crippen LogP contribution in [0.5, 0.6) is 0 Å². The third kappa shape index (κ3) is 3.73. The van der Waals surface area contributed by atoms with Crippen LogP contribution in [0.4, 0.5) is 0 Å². The van der Waals surface area contributed by atoms with Gasteiger partial charge in [-0.3, -0.25) is 9.59 Å². The summed E-state index contributed by atoms with van der Waals surface area (Å²) in [5.41, 5.74) is 1.67. The highest BCUT2D eigenvalue weighted by atomic mass is 16.2. The Morgan fingerprint density at radius 2 is 1.60 bits per heavy atom. The second-order valence-electron chi connectivity index (χ2n) is 8.11. The second-order valence-corrected chi connectivity index (χ2v) is 8.11. The van der Waals surface area contributed by atoms with Crippen molar-refractivity contribution in [3.8, 4) is 0 Å². The fraction of sp³-hybridized carbons (Fsp3) is 0.619. The lowest BCUT2D eigenvalue weighted by atomic mass is 9.83. The van der Waals surface area contributed by atoms with Crippen LogP contribution in [0.3, 0.4) is 0 Å². The molecule has 0 spiro atoms. The SMILES string of the molecule is Cc1ccc(C(C)(C)C(=O)N2CCC(C(=O)N3CCCCC3)C2)cc1. The van der Waals surface area contributed by atoms with Crippen LogP contribution in [0.1, 0.15) is 50.7 Å². The van der Waals surface area contributed by atoms with Crippen molar-refractivity contribution in [2.45, 2.75) is 51.9 Å². The average molecular weight is 342 g/mol. The van der Waals surface area contributed by atoms with Crippen molar-refractivity contribution in [2.24, 2.45) is 5.92 Å². The standard InChI is InChI=1S/C21H30N2O2/c1-16-7-9-18(10-8-16)21(2,3)20(25)23-14-11-17(15-23)19(24)22-12-5-4-6-13-22/h7-10,17H,4-6,11-15H2,1-3H3. The molecule has 136 valence electrons. The van der Waals surface area contributed by atoms with Gasteiger partial charge in [0.25, 0.3) is 0 Å². The molecule has 0 bridgehead atoms. The van der Waals surface area contributed by atoms with Crippen molar-refractivity contribution >= 4 is 11.8 Å². The van der Waals surface area contributed by atoms with Crippen LogP contribution >= 0.6 is 0 Å². The van der Waals surface area contributed by atoms with E-state index >= 15 is 0 Å². The lowest BCUT2D eigenvalue weighted by molar-refractivity contribution is -0.137. The van der Waals surface area contributed by atoms with Crippen molar-refractivity contribution in [3.63, 3.8) is 0 Å². The highest BCUT2D eigenvalue weighted by Gasteiger charge is 2.39. The maximum absolute atomic E-state index is 13.1. The number of aryl methyl sites for hydroxylation is 1. The molecule has 0 aliphatic carbocycles. The Bertz CT molecular complexity index is 630. The number of benzene rings is 1. The number of nitrogens with zero attached hydrogens (tertiary/aromatic N) is 2. The van der Waals surface area contributed by atoms with E-state index in [1.165, 1.54) is 12.0 Å². The van der Waals surface area contributed by atoms with E-state index in [1.54, 1.807) is 0 Å². The number of carbonyl (C=O) groups is 2. The Balaban J connectivity index is 1.65. The number of likely N-dealkylation sites (tertiary alicyclic amines) is 2. The molecular weight excluding hydrogens is 312 g/mol. The van der Waals surface area contributed by atoms with Gasteiger partial charge in [-0.05, 0) is 52.0 Å². The average Bonchev–Trinajstić information content (AvgIpc) is 3.11. The summed E-state index contributed by atoms with van der Waals surface area (Å²) in [7, 11) is 0. The maximum Gasteiger partial charge on any atom is 0.232 e. The van der Waals surface area contributed by atoms with Gasteiger partial charge >= 0.3 is 0 Å². The lowest BCUT2D eigenvalue weighted by Gasteiger charge is -2.31. The fourth-order valence-electron chi connectivity index (χ4n) is 4.01. The van der Waals surface area contributed by atoms with Crippen LogP contribution in [0, 0.1) is 12.8 Å². The molecule has 2 aliphatic rings. The molecule has 2 fully saturated rings. The first-order valence-corrected chi connectivity index (χ1v) is 9.55. The molecular formula is C21H30N2O2. The molecule has 1 unspecified atom stereocenters. The molecule has 2 saturated heterocycles. The Kier molecular flexibility index (Phi) is 5.16. The minimum absolute atomic E-state index is 0.0177. The predicted molar refractivity (Wildman–Crippen MR) is 99.3 cm³/mol. The molecule has 2 aliphatic heterocycles. The summed E-state index contributed by atoms with van der Waals surface area (Å²) in [5, 5.41) is 0. The van der Waals surface area contributed by atoms with Crippen molar-refractivity contribution in [1.29, 1.82) is 0 Å². The van der Waals surface area contributed by atoms with Gasteiger partial charge in [0, 0.05) is 26.2 Å². The second kappa shape index (κ2) is 7.19. The zero-order chi connectivity index (χ0) is 18.0. The van der Waals surface area contributed by atoms with Crippen molar-refractivity contribution < 1.29 is 9.59 Å². The normalized spacial score (nSPS) is 21.5. The third-order valence-electron chi connectivity index (χ3n) is 5.80. The minimum atomic E-state index is -0.559. The van der Waals surface area contributed by atoms with Gasteiger partial charge in [-0.1, -0.05) is 29.8 Å². The molecule has 4 nitrogen and oxygen atoms in total. The Hall–Kier alpha value is -1.84. The number of hydrogen-bond acceptors (Lipinski definition) is 2. The summed E-state index contributed by atoms with van der Waals surface area (Å²) in [6.07, 6.45) is 4.25. The zero-order valence-electron chi connectivity index (χ0n) is 15.8. The Morgan fingerprint density at radius 1 is 0.960 bits per heavy atom. The van der Waals surface area contributed by atoms with Gasteiger partial charge < -0.3 is 9.80 Å². The van der Waals surface area contributed by atoms with E-state index in [4.69, 9.17) is 0 Å². The topological polar surface area (TPSA) is 40.6 Å². The van der Waals surface area contributed by atoms with E-state index < -0.39 is 5.41 Å². The van der Waals surface area contributed by atoms with Crippen LogP contribution in [-0.2, 0) is 15.0 Å². The molecule has 1 aromatic rings. The molecule has 0 aromatic heterocycles. The summed E-state index contributed by atoms with van der Waals surface area (Å²) >= 11 is 0. The Morgan fingerprint density at radius 3 is 2.24 bits per heavy atom. The van der Waals surface area contributed by atoms with Gasteiger partial charge in [0.15, 0.2) is 0 Å². The highest BCUT2D eigenvalue weighted by Crippen LogP contribution is 2.30. The van der Waals surface area contributed by atoms with Gasteiger partial charge in [-0.2, -0.15) is 0 Å². The van der Waals surface area contributed by atoms with Crippen LogP contribution in [0.15, 0.2) is 24.3 Å². The summed E-state index contributed by atoms with van der Waals surface area (Å²) < 4.78 is 0. The van der Waals surface area contributed by atoms with Gasteiger partial charge in [0.2, 0.25) is 11.8 Å². The summed E-state index contributed by atoms with van der Waals surface area (Å²) in [4.78, 5) is 29.7. The van der Waals surface area contributed by atoms with Crippen LogP contribution < -0.4 is 0 Å². The first-order chi connectivity index (χ1) is 11.9. The number of carbonyl (C=O) groups excluding carboxylic acids is 2. The van der Waals surface area contributed by atoms with Gasteiger partial charge in [-0.15, -0.1) is 0 Å². The Labute approximate surface area is 151 Å². The molecule has 2 amide bonds. The summed E-state index contributed by atoms with van der Waals surface area (Å²) in [6, 6.07) is 8.19. The van der Waals surface area contributed by atoms with Gasteiger partial charge in [-0.25, -0.2) is 0 Å². The van der Waals surface area contributed by atoms with E-state index in [1.807, 2.05) is 35.8 Å². The minimum Gasteiger partial charge on any atom is -0.342 e. The van der Waals surface area contributed by atoms with E-state index in [0.29, 0.717) is 13.1 Å². The fourth-order valence-corrected chi connectivity index (χ4v) is 4.01. The number of rotatable bonds is 3. The lowest BCUT2D eigenvalue weighted by Crippen LogP contribution is -2.44. The van der Waals surface area contributed by atoms with E-state index in [9.17, 15) is 9.59 Å². The van der Waals surface area contributed by atoms with Crippen molar-refractivity contribution in [3.05, 3.63) is 35.4 Å². The number of hydrogen-bond donors (Lipinski definition) is 0. The first-order valence-electron chi connectivity index (χ1n) is 9.55. The maximum atomic E-state index is 13.1.